The fourth-order valence-corrected chi connectivity index (χ4v) is 2.90. The summed E-state index contributed by atoms with van der Waals surface area (Å²) in [5.74, 6) is -0.117. The molecular weight excluding hydrogens is 357 g/mol. The molecule has 0 saturated carbocycles. The van der Waals surface area contributed by atoms with Gasteiger partial charge in [-0.05, 0) is 49.8 Å². The highest BCUT2D eigenvalue weighted by atomic mass is 19.4. The van der Waals surface area contributed by atoms with Crippen LogP contribution in [-0.4, -0.2) is 38.1 Å². The molecular formula is C20H23F3N2O2. The van der Waals surface area contributed by atoms with E-state index in [9.17, 15) is 18.0 Å². The van der Waals surface area contributed by atoms with Gasteiger partial charge >= 0.3 is 6.18 Å². The van der Waals surface area contributed by atoms with Crippen molar-refractivity contribution in [3.05, 3.63) is 65.2 Å². The lowest BCUT2D eigenvalue weighted by molar-refractivity contribution is -0.137. The number of hydrogen-bond donors (Lipinski definition) is 1. The Kier molecular flexibility index (Phi) is 6.85. The second kappa shape index (κ2) is 8.90. The molecule has 146 valence electrons. The first kappa shape index (κ1) is 20.8. The fraction of sp³-hybridized carbons (Fsp3) is 0.350. The van der Waals surface area contributed by atoms with Crippen molar-refractivity contribution < 1.29 is 22.7 Å². The Bertz CT molecular complexity index is 776. The zero-order valence-electron chi connectivity index (χ0n) is 15.3. The monoisotopic (exact) mass is 380 g/mol. The maximum absolute atomic E-state index is 13.0. The molecule has 0 aliphatic carbocycles. The molecule has 0 aliphatic heterocycles. The summed E-state index contributed by atoms with van der Waals surface area (Å²) >= 11 is 0. The number of ether oxygens (including phenoxy) is 1. The molecule has 0 radical (unpaired) electrons. The minimum Gasteiger partial charge on any atom is -0.484 e. The molecule has 1 unspecified atom stereocenters. The lowest BCUT2D eigenvalue weighted by Gasteiger charge is -2.22. The average Bonchev–Trinajstić information content (AvgIpc) is 2.59. The lowest BCUT2D eigenvalue weighted by Crippen LogP contribution is -2.22. The van der Waals surface area contributed by atoms with E-state index in [2.05, 4.69) is 0 Å². The van der Waals surface area contributed by atoms with Gasteiger partial charge < -0.3 is 15.4 Å². The van der Waals surface area contributed by atoms with E-state index < -0.39 is 17.6 Å². The number of benzene rings is 2. The number of nitrogens with zero attached hydrogens (tertiary/aromatic N) is 1. The Morgan fingerprint density at radius 3 is 2.48 bits per heavy atom. The van der Waals surface area contributed by atoms with Gasteiger partial charge in [0, 0.05) is 12.5 Å². The van der Waals surface area contributed by atoms with Crippen LogP contribution < -0.4 is 10.5 Å². The van der Waals surface area contributed by atoms with Crippen molar-refractivity contribution in [2.45, 2.75) is 18.5 Å². The molecule has 1 amide bonds. The summed E-state index contributed by atoms with van der Waals surface area (Å²) in [7, 11) is 3.82. The van der Waals surface area contributed by atoms with Crippen LogP contribution in [0.15, 0.2) is 48.5 Å². The highest BCUT2D eigenvalue weighted by Gasteiger charge is 2.30. The first-order valence-electron chi connectivity index (χ1n) is 8.47. The SMILES string of the molecule is CN(C)CC(Cc1cccc(C(F)(F)F)c1)c1cccc(OCC(N)=O)c1. The van der Waals surface area contributed by atoms with Gasteiger partial charge in [0.25, 0.3) is 5.91 Å². The van der Waals surface area contributed by atoms with Crippen LogP contribution in [0.5, 0.6) is 5.75 Å². The molecule has 0 fully saturated rings. The molecule has 4 nitrogen and oxygen atoms in total. The molecule has 2 aromatic rings. The third-order valence-corrected chi connectivity index (χ3v) is 4.03. The minimum atomic E-state index is -4.37. The van der Waals surface area contributed by atoms with Gasteiger partial charge in [-0.15, -0.1) is 0 Å². The van der Waals surface area contributed by atoms with E-state index in [-0.39, 0.29) is 12.5 Å². The molecule has 2 aromatic carbocycles. The first-order chi connectivity index (χ1) is 12.6. The van der Waals surface area contributed by atoms with Crippen molar-refractivity contribution in [1.29, 1.82) is 0 Å². The van der Waals surface area contributed by atoms with Gasteiger partial charge in [0.2, 0.25) is 0 Å². The predicted molar refractivity (Wildman–Crippen MR) is 97.6 cm³/mol. The highest BCUT2D eigenvalue weighted by Crippen LogP contribution is 2.31. The molecule has 0 heterocycles. The van der Waals surface area contributed by atoms with E-state index in [1.54, 1.807) is 24.3 Å². The number of rotatable bonds is 8. The quantitative estimate of drug-likeness (QED) is 0.763. The van der Waals surface area contributed by atoms with Crippen LogP contribution in [0, 0.1) is 0 Å². The van der Waals surface area contributed by atoms with Crippen LogP contribution in [0.25, 0.3) is 0 Å². The van der Waals surface area contributed by atoms with E-state index in [0.717, 1.165) is 11.6 Å². The van der Waals surface area contributed by atoms with E-state index >= 15 is 0 Å². The first-order valence-corrected chi connectivity index (χ1v) is 8.47. The Morgan fingerprint density at radius 2 is 1.85 bits per heavy atom. The minimum absolute atomic E-state index is 0.0411. The van der Waals surface area contributed by atoms with Crippen molar-refractivity contribution in [1.82, 2.24) is 4.90 Å². The maximum Gasteiger partial charge on any atom is 0.416 e. The number of halogens is 3. The predicted octanol–water partition coefficient (Wildman–Crippen LogP) is 3.46. The van der Waals surface area contributed by atoms with E-state index in [1.165, 1.54) is 12.1 Å². The summed E-state index contributed by atoms with van der Waals surface area (Å²) in [5, 5.41) is 0. The molecule has 0 saturated heterocycles. The number of nitrogens with two attached hydrogens (primary N) is 1. The summed E-state index contributed by atoms with van der Waals surface area (Å²) in [5.41, 5.74) is 5.97. The van der Waals surface area contributed by atoms with Gasteiger partial charge in [-0.3, -0.25) is 4.79 Å². The zero-order chi connectivity index (χ0) is 20.0. The van der Waals surface area contributed by atoms with Crippen LogP contribution in [0.1, 0.15) is 22.6 Å². The van der Waals surface area contributed by atoms with E-state index in [4.69, 9.17) is 10.5 Å². The molecule has 7 heteroatoms. The second-order valence-corrected chi connectivity index (χ2v) is 6.69. The van der Waals surface area contributed by atoms with Gasteiger partial charge in [-0.25, -0.2) is 0 Å². The number of amides is 1. The molecule has 1 atom stereocenters. The summed E-state index contributed by atoms with van der Waals surface area (Å²) in [6, 6.07) is 12.6. The van der Waals surface area contributed by atoms with Crippen molar-refractivity contribution >= 4 is 5.91 Å². The van der Waals surface area contributed by atoms with Crippen molar-refractivity contribution in [2.75, 3.05) is 27.2 Å². The standard InChI is InChI=1S/C20H23F3N2O2/c1-25(2)12-16(9-14-5-3-7-17(10-14)20(21,22)23)15-6-4-8-18(11-15)27-13-19(24)26/h3-8,10-11,16H,9,12-13H2,1-2H3,(H2,24,26). The molecule has 0 aliphatic rings. The van der Waals surface area contributed by atoms with E-state index in [1.807, 2.05) is 25.1 Å². The van der Waals surface area contributed by atoms with Crippen molar-refractivity contribution in [3.63, 3.8) is 0 Å². The van der Waals surface area contributed by atoms with E-state index in [0.29, 0.717) is 24.3 Å². The average molecular weight is 380 g/mol. The van der Waals surface area contributed by atoms with Gasteiger partial charge in [0.1, 0.15) is 5.75 Å². The zero-order valence-corrected chi connectivity index (χ0v) is 15.3. The van der Waals surface area contributed by atoms with Gasteiger partial charge in [0.15, 0.2) is 6.61 Å². The molecule has 2 N–H and O–H groups in total. The number of hydrogen-bond acceptors (Lipinski definition) is 3. The smallest absolute Gasteiger partial charge is 0.416 e. The number of primary amides is 1. The van der Waals surface area contributed by atoms with Crippen LogP contribution in [0.2, 0.25) is 0 Å². The number of carbonyl (C=O) groups excluding carboxylic acids is 1. The Labute approximate surface area is 156 Å². The topological polar surface area (TPSA) is 55.6 Å². The second-order valence-electron chi connectivity index (χ2n) is 6.69. The molecule has 27 heavy (non-hydrogen) atoms. The third kappa shape index (κ3) is 6.60. The van der Waals surface area contributed by atoms with Crippen LogP contribution in [-0.2, 0) is 17.4 Å². The number of carbonyl (C=O) groups is 1. The Hall–Kier alpha value is -2.54. The normalized spacial score (nSPS) is 12.8. The van der Waals surface area contributed by atoms with Crippen molar-refractivity contribution in [3.8, 4) is 5.75 Å². The largest absolute Gasteiger partial charge is 0.484 e. The molecule has 0 spiro atoms. The third-order valence-electron chi connectivity index (χ3n) is 4.03. The summed E-state index contributed by atoms with van der Waals surface area (Å²) in [6.07, 6.45) is -3.92. The summed E-state index contributed by atoms with van der Waals surface area (Å²) < 4.78 is 44.3. The van der Waals surface area contributed by atoms with Gasteiger partial charge in [-0.1, -0.05) is 30.3 Å². The molecule has 2 rings (SSSR count). The van der Waals surface area contributed by atoms with Gasteiger partial charge in [0.05, 0.1) is 5.56 Å². The molecule has 0 aromatic heterocycles. The Balaban J connectivity index is 2.25. The van der Waals surface area contributed by atoms with Crippen LogP contribution >= 0.6 is 0 Å². The Morgan fingerprint density at radius 1 is 1.15 bits per heavy atom. The van der Waals surface area contributed by atoms with Crippen LogP contribution in [0.4, 0.5) is 13.2 Å². The number of alkyl halides is 3. The lowest BCUT2D eigenvalue weighted by atomic mass is 9.90. The summed E-state index contributed by atoms with van der Waals surface area (Å²) in [4.78, 5) is 12.9. The summed E-state index contributed by atoms with van der Waals surface area (Å²) in [6.45, 7) is 0.422. The maximum atomic E-state index is 13.0. The van der Waals surface area contributed by atoms with Crippen LogP contribution in [0.3, 0.4) is 0 Å². The molecule has 0 bridgehead atoms. The highest BCUT2D eigenvalue weighted by molar-refractivity contribution is 5.75. The number of likely N-dealkylation sites (N-methyl/N-ethyl adjacent to an activating group) is 1. The fourth-order valence-electron chi connectivity index (χ4n) is 2.90. The van der Waals surface area contributed by atoms with Crippen molar-refractivity contribution in [2.24, 2.45) is 5.73 Å². The van der Waals surface area contributed by atoms with Gasteiger partial charge in [-0.2, -0.15) is 13.2 Å².